The van der Waals surface area contributed by atoms with Gasteiger partial charge in [-0.2, -0.15) is 4.98 Å². The average Bonchev–Trinajstić information content (AvgIpc) is 2.86. The molecule has 0 aliphatic carbocycles. The molecule has 0 aliphatic heterocycles. The number of benzene rings is 1. The van der Waals surface area contributed by atoms with Crippen LogP contribution in [0.25, 0.3) is 11.4 Å². The van der Waals surface area contributed by atoms with Gasteiger partial charge in [-0.05, 0) is 19.1 Å². The van der Waals surface area contributed by atoms with E-state index < -0.39 is 6.04 Å². The van der Waals surface area contributed by atoms with Crippen molar-refractivity contribution in [1.29, 1.82) is 0 Å². The molecular weight excluding hydrogens is 237 g/mol. The zero-order valence-electron chi connectivity index (χ0n) is 10.1. The number of rotatable bonds is 4. The van der Waals surface area contributed by atoms with Gasteiger partial charge in [-0.25, -0.2) is 4.39 Å². The van der Waals surface area contributed by atoms with Gasteiger partial charge in [0, 0.05) is 12.7 Å². The highest BCUT2D eigenvalue weighted by molar-refractivity contribution is 5.53. The van der Waals surface area contributed by atoms with Crippen molar-refractivity contribution in [2.75, 3.05) is 7.11 Å². The lowest BCUT2D eigenvalue weighted by Gasteiger charge is -2.13. The van der Waals surface area contributed by atoms with E-state index in [1.807, 2.05) is 0 Å². The summed E-state index contributed by atoms with van der Waals surface area (Å²) in [5, 5.41) is 3.78. The molecule has 1 heterocycles. The molecule has 1 aromatic heterocycles. The molecule has 0 saturated carbocycles. The van der Waals surface area contributed by atoms with E-state index in [1.54, 1.807) is 26.2 Å². The summed E-state index contributed by atoms with van der Waals surface area (Å²) in [5.74, 6) is 0.222. The predicted octanol–water partition coefficient (Wildman–Crippen LogP) is 1.91. The normalized spacial score (nSPS) is 14.4. The third kappa shape index (κ3) is 2.55. The fourth-order valence-corrected chi connectivity index (χ4v) is 1.46. The maximum atomic E-state index is 13.1. The number of methoxy groups -OCH3 is 1. The molecule has 0 fully saturated rings. The van der Waals surface area contributed by atoms with Crippen LogP contribution in [0, 0.1) is 5.82 Å². The number of hydrogen-bond acceptors (Lipinski definition) is 5. The van der Waals surface area contributed by atoms with Gasteiger partial charge in [0.2, 0.25) is 11.7 Å². The van der Waals surface area contributed by atoms with Gasteiger partial charge in [-0.15, -0.1) is 0 Å². The molecule has 6 heteroatoms. The van der Waals surface area contributed by atoms with E-state index in [1.165, 1.54) is 12.1 Å². The van der Waals surface area contributed by atoms with Crippen LogP contribution in [0.15, 0.2) is 28.8 Å². The Hall–Kier alpha value is -1.79. The van der Waals surface area contributed by atoms with Crippen molar-refractivity contribution in [3.63, 3.8) is 0 Å². The van der Waals surface area contributed by atoms with Gasteiger partial charge in [0.1, 0.15) is 11.9 Å². The monoisotopic (exact) mass is 251 g/mol. The molecule has 0 bridgehead atoms. The van der Waals surface area contributed by atoms with Crippen LogP contribution in [0.2, 0.25) is 0 Å². The van der Waals surface area contributed by atoms with Crippen LogP contribution in [0.5, 0.6) is 0 Å². The standard InChI is InChI=1S/C12H14FN3O2/c1-7(17-2)10(14)12-15-11(16-18-12)8-4-3-5-9(13)6-8/h3-7,10H,14H2,1-2H3/t7-,10-/m0/s1. The van der Waals surface area contributed by atoms with Crippen molar-refractivity contribution in [3.05, 3.63) is 36.0 Å². The molecule has 1 aromatic carbocycles. The lowest BCUT2D eigenvalue weighted by molar-refractivity contribution is 0.0848. The third-order valence-corrected chi connectivity index (χ3v) is 2.69. The van der Waals surface area contributed by atoms with Gasteiger partial charge in [0.05, 0.1) is 6.10 Å². The molecule has 2 rings (SSSR count). The lowest BCUT2D eigenvalue weighted by Crippen LogP contribution is -2.25. The minimum Gasteiger partial charge on any atom is -0.380 e. The summed E-state index contributed by atoms with van der Waals surface area (Å²) in [6.07, 6.45) is -0.245. The maximum Gasteiger partial charge on any atom is 0.246 e. The third-order valence-electron chi connectivity index (χ3n) is 2.69. The average molecular weight is 251 g/mol. The topological polar surface area (TPSA) is 74.2 Å². The van der Waals surface area contributed by atoms with Crippen LogP contribution in [0.3, 0.4) is 0 Å². The molecule has 0 unspecified atom stereocenters. The minimum absolute atomic E-state index is 0.245. The van der Waals surface area contributed by atoms with E-state index in [0.29, 0.717) is 11.4 Å². The second kappa shape index (κ2) is 5.24. The maximum absolute atomic E-state index is 13.1. The number of ether oxygens (including phenoxy) is 1. The first-order valence-corrected chi connectivity index (χ1v) is 5.49. The minimum atomic E-state index is -0.509. The van der Waals surface area contributed by atoms with E-state index in [-0.39, 0.29) is 17.8 Å². The Morgan fingerprint density at radius 1 is 1.44 bits per heavy atom. The number of hydrogen-bond donors (Lipinski definition) is 1. The summed E-state index contributed by atoms with van der Waals surface area (Å²) in [6, 6.07) is 5.45. The van der Waals surface area contributed by atoms with Crippen LogP contribution in [0.1, 0.15) is 18.9 Å². The van der Waals surface area contributed by atoms with E-state index >= 15 is 0 Å². The van der Waals surface area contributed by atoms with E-state index in [9.17, 15) is 4.39 Å². The number of halogens is 1. The van der Waals surface area contributed by atoms with E-state index in [4.69, 9.17) is 15.0 Å². The van der Waals surface area contributed by atoms with Crippen LogP contribution in [-0.4, -0.2) is 23.4 Å². The zero-order chi connectivity index (χ0) is 13.1. The van der Waals surface area contributed by atoms with Crippen molar-refractivity contribution in [3.8, 4) is 11.4 Å². The largest absolute Gasteiger partial charge is 0.380 e. The molecule has 0 aliphatic rings. The van der Waals surface area contributed by atoms with Crippen molar-refractivity contribution >= 4 is 0 Å². The summed E-state index contributed by atoms with van der Waals surface area (Å²) in [4.78, 5) is 4.14. The van der Waals surface area contributed by atoms with Gasteiger partial charge in [-0.3, -0.25) is 0 Å². The Labute approximate surface area is 104 Å². The van der Waals surface area contributed by atoms with Crippen molar-refractivity contribution in [2.45, 2.75) is 19.1 Å². The summed E-state index contributed by atoms with van der Waals surface area (Å²) in [7, 11) is 1.55. The highest BCUT2D eigenvalue weighted by atomic mass is 19.1. The smallest absolute Gasteiger partial charge is 0.246 e. The molecular formula is C12H14FN3O2. The summed E-state index contributed by atoms with van der Waals surface area (Å²) >= 11 is 0. The molecule has 5 nitrogen and oxygen atoms in total. The van der Waals surface area contributed by atoms with Crippen molar-refractivity contribution in [1.82, 2.24) is 10.1 Å². The molecule has 2 atom stereocenters. The van der Waals surface area contributed by atoms with Gasteiger partial charge in [-0.1, -0.05) is 17.3 Å². The Balaban J connectivity index is 2.25. The molecule has 0 radical (unpaired) electrons. The van der Waals surface area contributed by atoms with Crippen molar-refractivity contribution in [2.24, 2.45) is 5.73 Å². The molecule has 2 aromatic rings. The first-order chi connectivity index (χ1) is 8.61. The Morgan fingerprint density at radius 2 is 2.22 bits per heavy atom. The van der Waals surface area contributed by atoms with Crippen LogP contribution in [0.4, 0.5) is 4.39 Å². The second-order valence-electron chi connectivity index (χ2n) is 3.93. The van der Waals surface area contributed by atoms with Crippen molar-refractivity contribution < 1.29 is 13.7 Å². The molecule has 0 saturated heterocycles. The number of nitrogens with two attached hydrogens (primary N) is 1. The number of aromatic nitrogens is 2. The van der Waals surface area contributed by atoms with E-state index in [0.717, 1.165) is 0 Å². The molecule has 18 heavy (non-hydrogen) atoms. The van der Waals surface area contributed by atoms with Gasteiger partial charge >= 0.3 is 0 Å². The Bertz CT molecular complexity index is 530. The first-order valence-electron chi connectivity index (χ1n) is 5.49. The van der Waals surface area contributed by atoms with Crippen LogP contribution in [-0.2, 0) is 4.74 Å². The SMILES string of the molecule is CO[C@@H](C)[C@H](N)c1nc(-c2cccc(F)c2)no1. The quantitative estimate of drug-likeness (QED) is 0.898. The molecule has 0 spiro atoms. The zero-order valence-corrected chi connectivity index (χ0v) is 10.1. The molecule has 96 valence electrons. The summed E-state index contributed by atoms with van der Waals surface area (Å²) in [6.45, 7) is 1.80. The molecule has 2 N–H and O–H groups in total. The predicted molar refractivity (Wildman–Crippen MR) is 63.1 cm³/mol. The van der Waals surface area contributed by atoms with Gasteiger partial charge in [0.25, 0.3) is 0 Å². The summed E-state index contributed by atoms with van der Waals surface area (Å²) in [5.41, 5.74) is 6.42. The molecule has 0 amide bonds. The number of nitrogens with zero attached hydrogens (tertiary/aromatic N) is 2. The van der Waals surface area contributed by atoms with Crippen LogP contribution >= 0.6 is 0 Å². The lowest BCUT2D eigenvalue weighted by atomic mass is 10.2. The summed E-state index contributed by atoms with van der Waals surface area (Å²) < 4.78 is 23.2. The highest BCUT2D eigenvalue weighted by Gasteiger charge is 2.21. The highest BCUT2D eigenvalue weighted by Crippen LogP contribution is 2.20. The van der Waals surface area contributed by atoms with Crippen LogP contribution < -0.4 is 5.73 Å². The van der Waals surface area contributed by atoms with E-state index in [2.05, 4.69) is 10.1 Å². The fraction of sp³-hybridized carbons (Fsp3) is 0.333. The first kappa shape index (κ1) is 12.7. The fourth-order valence-electron chi connectivity index (χ4n) is 1.46. The Morgan fingerprint density at radius 3 is 2.89 bits per heavy atom. The van der Waals surface area contributed by atoms with Gasteiger partial charge < -0.3 is 15.0 Å². The van der Waals surface area contributed by atoms with Gasteiger partial charge in [0.15, 0.2) is 0 Å². The second-order valence-corrected chi connectivity index (χ2v) is 3.93. The Kier molecular flexibility index (Phi) is 3.69.